The molecule has 0 spiro atoms. The number of rotatable bonds is 11. The molecule has 8 nitrogen and oxygen atoms in total. The van der Waals surface area contributed by atoms with Crippen LogP contribution >= 0.6 is 0 Å². The molecule has 0 aromatic heterocycles. The quantitative estimate of drug-likeness (QED) is 0.116. The van der Waals surface area contributed by atoms with E-state index >= 15 is 0 Å². The van der Waals surface area contributed by atoms with Crippen LogP contribution in [-0.2, 0) is 6.42 Å². The maximum absolute atomic E-state index is 13.1. The number of hydrogen-bond donors (Lipinski definition) is 0. The Morgan fingerprint density at radius 3 is 1.86 bits per heavy atom. The van der Waals surface area contributed by atoms with Crippen molar-refractivity contribution >= 4 is 29.8 Å². The predicted octanol–water partition coefficient (Wildman–Crippen LogP) is 8.42. The molecule has 8 heteroatoms. The average molecular weight is 673 g/mol. The Balaban J connectivity index is 1.33. The fraction of sp³-hybridized carbons (Fsp3) is 0.238. The van der Waals surface area contributed by atoms with Gasteiger partial charge in [0.1, 0.15) is 40.1 Å². The zero-order valence-electron chi connectivity index (χ0n) is 29.1. The van der Waals surface area contributed by atoms with Crippen LogP contribution in [0, 0.1) is 0 Å². The van der Waals surface area contributed by atoms with Gasteiger partial charge in [0.15, 0.2) is 11.6 Å². The van der Waals surface area contributed by atoms with E-state index in [4.69, 9.17) is 28.4 Å². The Morgan fingerprint density at radius 1 is 0.720 bits per heavy atom. The van der Waals surface area contributed by atoms with Crippen LogP contribution in [-0.4, -0.2) is 52.2 Å². The van der Waals surface area contributed by atoms with Crippen molar-refractivity contribution in [3.8, 4) is 34.5 Å². The first kappa shape index (κ1) is 34.1. The van der Waals surface area contributed by atoms with Crippen LogP contribution in [0.1, 0.15) is 68.3 Å². The van der Waals surface area contributed by atoms with Gasteiger partial charge in [-0.2, -0.15) is 0 Å². The molecule has 0 aliphatic carbocycles. The highest BCUT2D eigenvalue weighted by molar-refractivity contribution is 6.07. The highest BCUT2D eigenvalue weighted by atomic mass is 16.5. The zero-order chi connectivity index (χ0) is 35.4. The molecule has 2 heterocycles. The normalized spacial score (nSPS) is 15.8. The number of benzene rings is 4. The minimum Gasteiger partial charge on any atom is -0.497 e. The first-order valence-corrected chi connectivity index (χ1v) is 16.3. The van der Waals surface area contributed by atoms with Crippen LogP contribution in [0.15, 0.2) is 85.0 Å². The summed E-state index contributed by atoms with van der Waals surface area (Å²) in [6, 6.07) is 19.9. The fourth-order valence-electron chi connectivity index (χ4n) is 6.18. The molecule has 50 heavy (non-hydrogen) atoms. The third-order valence-corrected chi connectivity index (χ3v) is 8.88. The fourth-order valence-corrected chi connectivity index (χ4v) is 6.18. The van der Waals surface area contributed by atoms with E-state index in [0.29, 0.717) is 52.9 Å². The Bertz CT molecular complexity index is 2000. The van der Waals surface area contributed by atoms with Crippen LogP contribution in [0.3, 0.4) is 0 Å². The van der Waals surface area contributed by atoms with Crippen LogP contribution in [0.5, 0.6) is 34.5 Å². The maximum Gasteiger partial charge on any atom is 0.185 e. The van der Waals surface area contributed by atoms with E-state index in [1.54, 1.807) is 95.2 Å². The van der Waals surface area contributed by atoms with Crippen molar-refractivity contribution in [2.75, 3.05) is 35.0 Å². The zero-order valence-corrected chi connectivity index (χ0v) is 29.1. The summed E-state index contributed by atoms with van der Waals surface area (Å²) in [7, 11) is 6.39. The molecule has 0 N–H and O–H groups in total. The van der Waals surface area contributed by atoms with Gasteiger partial charge in [0.2, 0.25) is 0 Å². The smallest absolute Gasteiger partial charge is 0.185 e. The Morgan fingerprint density at radius 2 is 1.30 bits per heavy atom. The lowest BCUT2D eigenvalue weighted by Crippen LogP contribution is -2.29. The van der Waals surface area contributed by atoms with Crippen molar-refractivity contribution < 1.29 is 38.0 Å². The molecular formula is C42H40O8. The molecule has 0 radical (unpaired) electrons. The summed E-state index contributed by atoms with van der Waals surface area (Å²) >= 11 is 0. The van der Waals surface area contributed by atoms with Crippen LogP contribution in [0.2, 0.25) is 0 Å². The highest BCUT2D eigenvalue weighted by Gasteiger charge is 2.32. The second kappa shape index (κ2) is 14.4. The molecule has 0 saturated heterocycles. The summed E-state index contributed by atoms with van der Waals surface area (Å²) in [4.78, 5) is 26.1. The third kappa shape index (κ3) is 7.15. The van der Waals surface area contributed by atoms with Crippen LogP contribution in [0.25, 0.3) is 18.2 Å². The van der Waals surface area contributed by atoms with Gasteiger partial charge in [-0.25, -0.2) is 0 Å². The van der Waals surface area contributed by atoms with Crippen molar-refractivity contribution in [3.63, 3.8) is 0 Å². The minimum atomic E-state index is -0.532. The van der Waals surface area contributed by atoms with Gasteiger partial charge in [0.05, 0.1) is 40.6 Å². The summed E-state index contributed by atoms with van der Waals surface area (Å²) in [5.41, 5.74) is 4.84. The molecule has 4 aromatic rings. The molecule has 6 rings (SSSR count). The molecule has 0 fully saturated rings. The molecule has 1 atom stereocenters. The van der Waals surface area contributed by atoms with Gasteiger partial charge in [-0.1, -0.05) is 0 Å². The van der Waals surface area contributed by atoms with Crippen LogP contribution < -0.4 is 28.4 Å². The topological polar surface area (TPSA) is 89.5 Å². The molecule has 256 valence electrons. The first-order valence-electron chi connectivity index (χ1n) is 16.3. The third-order valence-electron chi connectivity index (χ3n) is 8.88. The standard InChI is InChI=1S/C42H40O8/c1-42(2)20-19-34-40-30(21-29(41(34)50-42)12-18-37(44)27-9-15-33(46-4)16-10-27)22-31(25-49-40)35-23-28(38(47-5)24-39(35)48-6)11-17-36(43)26-7-13-32(45-3)14-8-26/h7-21,23-24,31H,22,25H2,1-6H3/b17-11+,18-12+/t31-/m0/s1. The molecule has 0 saturated carbocycles. The Labute approximate surface area is 292 Å². The number of allylic oxidation sites excluding steroid dienone is 2. The Kier molecular flexibility index (Phi) is 9.81. The molecule has 0 bridgehead atoms. The lowest BCUT2D eigenvalue weighted by Gasteiger charge is -2.34. The summed E-state index contributed by atoms with van der Waals surface area (Å²) in [6.45, 7) is 4.38. The van der Waals surface area contributed by atoms with Gasteiger partial charge in [-0.05, 0) is 123 Å². The van der Waals surface area contributed by atoms with E-state index in [-0.39, 0.29) is 17.5 Å². The van der Waals surface area contributed by atoms with Gasteiger partial charge >= 0.3 is 0 Å². The largest absolute Gasteiger partial charge is 0.497 e. The van der Waals surface area contributed by atoms with E-state index in [0.717, 1.165) is 33.6 Å². The van der Waals surface area contributed by atoms with Gasteiger partial charge in [-0.3, -0.25) is 9.59 Å². The number of carbonyl (C=O) groups is 2. The molecule has 2 aliphatic heterocycles. The number of hydrogen-bond acceptors (Lipinski definition) is 8. The van der Waals surface area contributed by atoms with Crippen molar-refractivity contribution in [3.05, 3.63) is 124 Å². The van der Waals surface area contributed by atoms with E-state index in [2.05, 4.69) is 0 Å². The van der Waals surface area contributed by atoms with Gasteiger partial charge < -0.3 is 28.4 Å². The van der Waals surface area contributed by atoms with E-state index in [9.17, 15) is 9.59 Å². The Hall–Kier alpha value is -5.76. The van der Waals surface area contributed by atoms with Crippen molar-refractivity contribution in [1.29, 1.82) is 0 Å². The van der Waals surface area contributed by atoms with Gasteiger partial charge in [0.25, 0.3) is 0 Å². The summed E-state index contributed by atoms with van der Waals surface area (Å²) in [5, 5.41) is 0. The second-order valence-corrected chi connectivity index (χ2v) is 12.6. The van der Waals surface area contributed by atoms with E-state index in [1.165, 1.54) is 6.08 Å². The molecule has 4 aromatic carbocycles. The molecule has 0 unspecified atom stereocenters. The molecular weight excluding hydrogens is 632 g/mol. The van der Waals surface area contributed by atoms with E-state index < -0.39 is 5.60 Å². The van der Waals surface area contributed by atoms with Crippen molar-refractivity contribution in [2.24, 2.45) is 0 Å². The summed E-state index contributed by atoms with van der Waals surface area (Å²) in [5.74, 6) is 3.69. The molecule has 2 aliphatic rings. The number of ether oxygens (including phenoxy) is 6. The number of carbonyl (C=O) groups excluding carboxylic acids is 2. The minimum absolute atomic E-state index is 0.0754. The maximum atomic E-state index is 13.1. The lowest BCUT2D eigenvalue weighted by atomic mass is 9.85. The average Bonchev–Trinajstić information content (AvgIpc) is 3.14. The number of methoxy groups -OCH3 is 4. The highest BCUT2D eigenvalue weighted by Crippen LogP contribution is 2.47. The summed E-state index contributed by atoms with van der Waals surface area (Å²) in [6.07, 6.45) is 11.4. The molecule has 0 amide bonds. The number of fused-ring (bicyclic) bond motifs is 3. The first-order chi connectivity index (χ1) is 24.1. The van der Waals surface area contributed by atoms with E-state index in [1.807, 2.05) is 44.2 Å². The van der Waals surface area contributed by atoms with Crippen molar-refractivity contribution in [2.45, 2.75) is 31.8 Å². The lowest BCUT2D eigenvalue weighted by molar-refractivity contribution is 0.103. The van der Waals surface area contributed by atoms with Crippen LogP contribution in [0.4, 0.5) is 0 Å². The van der Waals surface area contributed by atoms with Gasteiger partial charge in [-0.15, -0.1) is 0 Å². The predicted molar refractivity (Wildman–Crippen MR) is 194 cm³/mol. The van der Waals surface area contributed by atoms with Gasteiger partial charge in [0, 0.05) is 39.8 Å². The second-order valence-electron chi connectivity index (χ2n) is 12.6. The monoisotopic (exact) mass is 672 g/mol. The summed E-state index contributed by atoms with van der Waals surface area (Å²) < 4.78 is 34.9. The SMILES string of the molecule is COc1ccc(C(=O)/C=C/c2cc([C@@H]3COc4c(cc(/C=C/C(=O)c5ccc(OC)cc5)c5c4C=CC(C)(C)O5)C3)c(OC)cc2OC)cc1. The number of ketones is 2. The van der Waals surface area contributed by atoms with Crippen molar-refractivity contribution in [1.82, 2.24) is 0 Å².